The van der Waals surface area contributed by atoms with Crippen molar-refractivity contribution >= 4 is 11.8 Å². The molecule has 5 heteroatoms. The van der Waals surface area contributed by atoms with E-state index in [0.29, 0.717) is 26.1 Å². The molecule has 21 heavy (non-hydrogen) atoms. The van der Waals surface area contributed by atoms with Crippen molar-refractivity contribution in [1.82, 2.24) is 10.2 Å². The second kappa shape index (κ2) is 5.76. The van der Waals surface area contributed by atoms with Gasteiger partial charge in [0.05, 0.1) is 12.0 Å². The zero-order valence-corrected chi connectivity index (χ0v) is 12.2. The molecule has 1 aromatic carbocycles. The minimum absolute atomic E-state index is 0.0156. The van der Waals surface area contributed by atoms with Gasteiger partial charge in [0.25, 0.3) is 0 Å². The van der Waals surface area contributed by atoms with Crippen LogP contribution in [0.25, 0.3) is 0 Å². The average Bonchev–Trinajstić information content (AvgIpc) is 2.88. The summed E-state index contributed by atoms with van der Waals surface area (Å²) in [4.78, 5) is 25.7. The number of amides is 2. The van der Waals surface area contributed by atoms with Crippen molar-refractivity contribution in [1.29, 1.82) is 0 Å². The fraction of sp³-hybridized carbons (Fsp3) is 0.500. The Morgan fingerprint density at radius 2 is 2.19 bits per heavy atom. The van der Waals surface area contributed by atoms with Gasteiger partial charge in [0.15, 0.2) is 0 Å². The van der Waals surface area contributed by atoms with E-state index < -0.39 is 0 Å². The van der Waals surface area contributed by atoms with Crippen LogP contribution in [0.4, 0.5) is 0 Å². The molecule has 2 atom stereocenters. The van der Waals surface area contributed by atoms with Crippen LogP contribution in [-0.4, -0.2) is 42.5 Å². The van der Waals surface area contributed by atoms with Crippen LogP contribution < -0.4 is 10.1 Å². The normalized spacial score (nSPS) is 24.4. The van der Waals surface area contributed by atoms with Crippen LogP contribution in [-0.2, 0) is 16.0 Å². The summed E-state index contributed by atoms with van der Waals surface area (Å²) in [5, 5.41) is 3.02. The lowest BCUT2D eigenvalue weighted by molar-refractivity contribution is -0.129. The number of para-hydroxylation sites is 1. The highest BCUT2D eigenvalue weighted by Gasteiger charge is 2.34. The molecule has 2 aliphatic heterocycles. The first-order chi connectivity index (χ1) is 10.2. The Balaban J connectivity index is 1.58. The molecule has 0 unspecified atom stereocenters. The number of benzene rings is 1. The minimum Gasteiger partial charge on any atom is -0.491 e. The number of ether oxygens (including phenoxy) is 1. The lowest BCUT2D eigenvalue weighted by atomic mass is 10.0. The zero-order valence-electron chi connectivity index (χ0n) is 12.2. The number of rotatable bonds is 3. The summed E-state index contributed by atoms with van der Waals surface area (Å²) >= 11 is 0. The number of fused-ring (bicyclic) bond motifs is 1. The maximum absolute atomic E-state index is 12.3. The van der Waals surface area contributed by atoms with Crippen molar-refractivity contribution in [2.75, 3.05) is 19.7 Å². The fourth-order valence-electron chi connectivity index (χ4n) is 2.99. The molecule has 0 bridgehead atoms. The van der Waals surface area contributed by atoms with Crippen LogP contribution in [0, 0.1) is 5.92 Å². The van der Waals surface area contributed by atoms with Crippen molar-refractivity contribution < 1.29 is 14.3 Å². The molecule has 5 nitrogen and oxygen atoms in total. The monoisotopic (exact) mass is 288 g/mol. The summed E-state index contributed by atoms with van der Waals surface area (Å²) in [6.45, 7) is 3.62. The first-order valence-electron chi connectivity index (χ1n) is 7.46. The standard InChI is InChI=1S/C16H20N2O3/c1-2-18-9-12(8-15(18)19)16(20)17-13-7-11-5-3-4-6-14(11)21-10-13/h3-6,12-13H,2,7-10H2,1H3,(H,17,20)/t12-,13+/m0/s1. The van der Waals surface area contributed by atoms with E-state index in [4.69, 9.17) is 4.74 Å². The molecule has 0 aliphatic carbocycles. The predicted octanol–water partition coefficient (Wildman–Crippen LogP) is 0.975. The first kappa shape index (κ1) is 13.9. The average molecular weight is 288 g/mol. The van der Waals surface area contributed by atoms with Gasteiger partial charge in [0.1, 0.15) is 12.4 Å². The molecule has 0 aromatic heterocycles. The molecule has 0 saturated carbocycles. The van der Waals surface area contributed by atoms with Gasteiger partial charge in [-0.1, -0.05) is 18.2 Å². The molecule has 1 saturated heterocycles. The molecule has 3 rings (SSSR count). The van der Waals surface area contributed by atoms with E-state index >= 15 is 0 Å². The summed E-state index contributed by atoms with van der Waals surface area (Å²) in [5.41, 5.74) is 1.12. The van der Waals surface area contributed by atoms with E-state index in [1.807, 2.05) is 31.2 Å². The third-order valence-corrected chi connectivity index (χ3v) is 4.19. The maximum atomic E-state index is 12.3. The highest BCUT2D eigenvalue weighted by atomic mass is 16.5. The Bertz CT molecular complexity index is 558. The molecule has 112 valence electrons. The molecule has 0 spiro atoms. The molecule has 2 amide bonds. The number of hydrogen-bond acceptors (Lipinski definition) is 3. The summed E-state index contributed by atoms with van der Waals surface area (Å²) in [6, 6.07) is 7.87. The van der Waals surface area contributed by atoms with Crippen molar-refractivity contribution in [3.8, 4) is 5.75 Å². The topological polar surface area (TPSA) is 58.6 Å². The van der Waals surface area contributed by atoms with Gasteiger partial charge in [-0.15, -0.1) is 0 Å². The Morgan fingerprint density at radius 1 is 1.38 bits per heavy atom. The van der Waals surface area contributed by atoms with E-state index in [2.05, 4.69) is 5.32 Å². The number of carbonyl (C=O) groups is 2. The molecule has 2 aliphatic rings. The summed E-state index contributed by atoms with van der Waals surface area (Å²) in [6.07, 6.45) is 1.10. The molecule has 1 N–H and O–H groups in total. The molecule has 2 heterocycles. The fourth-order valence-corrected chi connectivity index (χ4v) is 2.99. The van der Waals surface area contributed by atoms with Gasteiger partial charge in [-0.3, -0.25) is 9.59 Å². The van der Waals surface area contributed by atoms with Crippen LogP contribution in [0.5, 0.6) is 5.75 Å². The van der Waals surface area contributed by atoms with E-state index in [9.17, 15) is 9.59 Å². The second-order valence-electron chi connectivity index (χ2n) is 5.66. The third kappa shape index (κ3) is 2.86. The van der Waals surface area contributed by atoms with Crippen LogP contribution in [0.1, 0.15) is 18.9 Å². The Hall–Kier alpha value is -2.04. The molecule has 0 radical (unpaired) electrons. The number of nitrogens with one attached hydrogen (secondary N) is 1. The lowest BCUT2D eigenvalue weighted by Crippen LogP contribution is -2.45. The van der Waals surface area contributed by atoms with E-state index in [1.165, 1.54) is 0 Å². The highest BCUT2D eigenvalue weighted by molar-refractivity contribution is 5.89. The maximum Gasteiger partial charge on any atom is 0.225 e. The van der Waals surface area contributed by atoms with Gasteiger partial charge in [-0.25, -0.2) is 0 Å². The predicted molar refractivity (Wildman–Crippen MR) is 77.9 cm³/mol. The Morgan fingerprint density at radius 3 is 2.95 bits per heavy atom. The van der Waals surface area contributed by atoms with Gasteiger partial charge >= 0.3 is 0 Å². The van der Waals surface area contributed by atoms with Gasteiger partial charge in [0, 0.05) is 19.5 Å². The smallest absolute Gasteiger partial charge is 0.225 e. The van der Waals surface area contributed by atoms with Gasteiger partial charge < -0.3 is 15.0 Å². The lowest BCUT2D eigenvalue weighted by Gasteiger charge is -2.27. The molecular formula is C16H20N2O3. The second-order valence-corrected chi connectivity index (χ2v) is 5.66. The van der Waals surface area contributed by atoms with E-state index in [0.717, 1.165) is 17.7 Å². The van der Waals surface area contributed by atoms with Crippen LogP contribution in [0.15, 0.2) is 24.3 Å². The number of carbonyl (C=O) groups excluding carboxylic acids is 2. The van der Waals surface area contributed by atoms with Crippen molar-refractivity contribution in [3.63, 3.8) is 0 Å². The van der Waals surface area contributed by atoms with Crippen LogP contribution in [0.2, 0.25) is 0 Å². The van der Waals surface area contributed by atoms with Crippen molar-refractivity contribution in [2.45, 2.75) is 25.8 Å². The van der Waals surface area contributed by atoms with Crippen molar-refractivity contribution in [3.05, 3.63) is 29.8 Å². The van der Waals surface area contributed by atoms with Crippen LogP contribution in [0.3, 0.4) is 0 Å². The minimum atomic E-state index is -0.227. The van der Waals surface area contributed by atoms with E-state index in [1.54, 1.807) is 4.90 Å². The van der Waals surface area contributed by atoms with Gasteiger partial charge in [-0.2, -0.15) is 0 Å². The Labute approximate surface area is 124 Å². The molecular weight excluding hydrogens is 268 g/mol. The van der Waals surface area contributed by atoms with E-state index in [-0.39, 0.29) is 23.8 Å². The highest BCUT2D eigenvalue weighted by Crippen LogP contribution is 2.24. The Kier molecular flexibility index (Phi) is 3.82. The SMILES string of the molecule is CCN1C[C@@H](C(=O)N[C@H]2COc3ccccc3C2)CC1=O. The first-order valence-corrected chi connectivity index (χ1v) is 7.46. The molecule has 1 aromatic rings. The third-order valence-electron chi connectivity index (χ3n) is 4.19. The van der Waals surface area contributed by atoms with Gasteiger partial charge in [0.2, 0.25) is 11.8 Å². The number of likely N-dealkylation sites (tertiary alicyclic amines) is 1. The zero-order chi connectivity index (χ0) is 14.8. The molecule has 1 fully saturated rings. The largest absolute Gasteiger partial charge is 0.491 e. The van der Waals surface area contributed by atoms with Crippen LogP contribution >= 0.6 is 0 Å². The summed E-state index contributed by atoms with van der Waals surface area (Å²) < 4.78 is 5.67. The van der Waals surface area contributed by atoms with Crippen molar-refractivity contribution in [2.24, 2.45) is 5.92 Å². The summed E-state index contributed by atoms with van der Waals surface area (Å²) in [5.74, 6) is 0.709. The van der Waals surface area contributed by atoms with Gasteiger partial charge in [-0.05, 0) is 25.0 Å². The number of hydrogen-bond donors (Lipinski definition) is 1. The summed E-state index contributed by atoms with van der Waals surface area (Å²) in [7, 11) is 0. The number of nitrogens with zero attached hydrogens (tertiary/aromatic N) is 1. The quantitative estimate of drug-likeness (QED) is 0.902.